The third kappa shape index (κ3) is 6.63. The molecule has 1 aromatic heterocycles. The molecule has 4 nitrogen and oxygen atoms in total. The molecule has 2 N–H and O–H groups in total. The van der Waals surface area contributed by atoms with E-state index in [9.17, 15) is 0 Å². The van der Waals surface area contributed by atoms with E-state index in [4.69, 9.17) is 0 Å². The molecule has 45 heavy (non-hydrogen) atoms. The summed E-state index contributed by atoms with van der Waals surface area (Å²) >= 11 is 0. The summed E-state index contributed by atoms with van der Waals surface area (Å²) in [6.45, 7) is 7.91. The molecule has 5 aromatic rings. The molecule has 2 heterocycles. The molecule has 7 rings (SSSR count). The Balaban J connectivity index is 0.000000183. The molecule has 0 radical (unpaired) electrons. The maximum absolute atomic E-state index is 4.50. The number of hydrogen-bond acceptors (Lipinski definition) is 3. The number of nitrogens with two attached hydrogens (primary N) is 1. The van der Waals surface area contributed by atoms with E-state index in [0.717, 1.165) is 46.0 Å². The number of allylic oxidation sites excluding steroid dienone is 6. The van der Waals surface area contributed by atoms with Gasteiger partial charge in [-0.3, -0.25) is 9.56 Å². The van der Waals surface area contributed by atoms with Gasteiger partial charge in [0.2, 0.25) is 0 Å². The minimum absolute atomic E-state index is 0.879. The van der Waals surface area contributed by atoms with E-state index in [1.165, 1.54) is 29.1 Å². The second-order valence-corrected chi connectivity index (χ2v) is 10.4. The van der Waals surface area contributed by atoms with Gasteiger partial charge in [0.15, 0.2) is 0 Å². The smallest absolute Gasteiger partial charge is 0.126 e. The highest BCUT2D eigenvalue weighted by atomic mass is 15.2. The predicted octanol–water partition coefficient (Wildman–Crippen LogP) is 9.56. The van der Waals surface area contributed by atoms with Gasteiger partial charge in [-0.1, -0.05) is 134 Å². The van der Waals surface area contributed by atoms with Crippen LogP contribution in [0.25, 0.3) is 33.9 Å². The van der Waals surface area contributed by atoms with Crippen LogP contribution in [-0.4, -0.2) is 25.4 Å². The molecule has 4 heteroatoms. The van der Waals surface area contributed by atoms with Gasteiger partial charge in [0.1, 0.15) is 5.82 Å². The van der Waals surface area contributed by atoms with Crippen molar-refractivity contribution in [3.63, 3.8) is 0 Å². The summed E-state index contributed by atoms with van der Waals surface area (Å²) in [6, 6.07) is 37.4. The molecule has 0 spiro atoms. The number of benzene rings is 4. The van der Waals surface area contributed by atoms with Crippen LogP contribution < -0.4 is 10.6 Å². The number of para-hydroxylation sites is 2. The lowest BCUT2D eigenvalue weighted by atomic mass is 10.0. The van der Waals surface area contributed by atoms with Gasteiger partial charge in [0.05, 0.1) is 16.9 Å². The van der Waals surface area contributed by atoms with Gasteiger partial charge in [-0.25, -0.2) is 0 Å². The summed E-state index contributed by atoms with van der Waals surface area (Å²) in [6.07, 6.45) is 13.4. The molecular formula is C41H38N4. The zero-order chi connectivity index (χ0) is 31.6. The van der Waals surface area contributed by atoms with Crippen molar-refractivity contribution in [2.45, 2.75) is 6.42 Å². The van der Waals surface area contributed by atoms with Crippen molar-refractivity contribution in [3.05, 3.63) is 174 Å². The molecule has 0 unspecified atom stereocenters. The second-order valence-electron chi connectivity index (χ2n) is 10.4. The third-order valence-electron chi connectivity index (χ3n) is 7.70. The molecule has 0 atom stereocenters. The van der Waals surface area contributed by atoms with E-state index in [0.29, 0.717) is 0 Å². The van der Waals surface area contributed by atoms with Crippen LogP contribution >= 0.6 is 0 Å². The van der Waals surface area contributed by atoms with Crippen molar-refractivity contribution >= 4 is 52.2 Å². The monoisotopic (exact) mass is 586 g/mol. The quantitative estimate of drug-likeness (QED) is 0.165. The average molecular weight is 587 g/mol. The minimum atomic E-state index is 0.879. The lowest BCUT2D eigenvalue weighted by Gasteiger charge is -2.26. The number of rotatable bonds is 5. The third-order valence-corrected chi connectivity index (χ3v) is 7.70. The number of hydrogen-bond donors (Lipinski definition) is 1. The van der Waals surface area contributed by atoms with E-state index in [2.05, 4.69) is 131 Å². The molecule has 1 aliphatic carbocycles. The van der Waals surface area contributed by atoms with Gasteiger partial charge in [-0.15, -0.1) is 0 Å². The summed E-state index contributed by atoms with van der Waals surface area (Å²) in [7, 11) is 3.63. The Labute approximate surface area is 266 Å². The Bertz CT molecular complexity index is 1960. The van der Waals surface area contributed by atoms with Gasteiger partial charge in [-0.05, 0) is 61.2 Å². The van der Waals surface area contributed by atoms with Gasteiger partial charge in [0, 0.05) is 29.2 Å². The van der Waals surface area contributed by atoms with Gasteiger partial charge in [0.25, 0.3) is 0 Å². The van der Waals surface area contributed by atoms with Crippen LogP contribution in [0.2, 0.25) is 0 Å². The normalized spacial score (nSPS) is 13.8. The molecule has 0 bridgehead atoms. The maximum Gasteiger partial charge on any atom is 0.126 e. The van der Waals surface area contributed by atoms with E-state index in [-0.39, 0.29) is 0 Å². The largest absolute Gasteiger partial charge is 0.333 e. The fraction of sp³-hybridized carbons (Fsp3) is 0.0732. The van der Waals surface area contributed by atoms with Gasteiger partial charge < -0.3 is 10.6 Å². The van der Waals surface area contributed by atoms with Crippen molar-refractivity contribution in [1.82, 2.24) is 4.57 Å². The Morgan fingerprint density at radius 1 is 0.822 bits per heavy atom. The van der Waals surface area contributed by atoms with Crippen LogP contribution in [0.3, 0.4) is 0 Å². The van der Waals surface area contributed by atoms with E-state index in [1.807, 2.05) is 60.7 Å². The van der Waals surface area contributed by atoms with Crippen molar-refractivity contribution in [3.8, 4) is 0 Å². The Hall–Kier alpha value is -5.67. The first-order valence-electron chi connectivity index (χ1n) is 15.0. The maximum atomic E-state index is 4.50. The molecular weight excluding hydrogens is 548 g/mol. The minimum Gasteiger partial charge on any atom is -0.333 e. The number of fused-ring (bicyclic) bond motifs is 4. The summed E-state index contributed by atoms with van der Waals surface area (Å²) in [5, 5.41) is 1.23. The van der Waals surface area contributed by atoms with Crippen molar-refractivity contribution in [2.24, 2.45) is 10.7 Å². The van der Waals surface area contributed by atoms with Crippen molar-refractivity contribution in [1.29, 1.82) is 0 Å². The van der Waals surface area contributed by atoms with Crippen LogP contribution in [0.4, 0.5) is 11.5 Å². The zero-order valence-corrected chi connectivity index (χ0v) is 25.9. The molecule has 2 aliphatic rings. The number of nitrogens with zero attached hydrogens (tertiary/aromatic N) is 3. The molecule has 0 saturated carbocycles. The van der Waals surface area contributed by atoms with E-state index >= 15 is 0 Å². The first kappa shape index (κ1) is 30.8. The summed E-state index contributed by atoms with van der Waals surface area (Å²) in [5.41, 5.74) is 18.0. The summed E-state index contributed by atoms with van der Waals surface area (Å²) in [5.74, 6) is 1.14. The lowest BCUT2D eigenvalue weighted by Crippen LogP contribution is -2.17. The summed E-state index contributed by atoms with van der Waals surface area (Å²) in [4.78, 5) is 6.35. The summed E-state index contributed by atoms with van der Waals surface area (Å²) < 4.78 is 2.29. The van der Waals surface area contributed by atoms with Crippen molar-refractivity contribution in [2.75, 3.05) is 19.0 Å². The van der Waals surface area contributed by atoms with Crippen LogP contribution in [0.15, 0.2) is 157 Å². The standard InChI is InChI=1S/C24H18N2.C16H15N.CH5N/c1-17-15-16-21-20-12-6-8-14-23(20)26(18-9-3-4-10-18)24(21)25(2)22-13-7-5-11-19(17)22;1-17-16(15-10-6-3-7-11-15)13-12-14-8-4-2-5-9-14;1-2/h3-9,11-16H,1H2,2H3;2-11,13H,1,12H2;2H2,1H3/b16-15-;16-13-;. The first-order chi connectivity index (χ1) is 22.2. The van der Waals surface area contributed by atoms with E-state index < -0.39 is 0 Å². The zero-order valence-electron chi connectivity index (χ0n) is 25.9. The Morgan fingerprint density at radius 3 is 2.20 bits per heavy atom. The molecule has 4 aromatic carbocycles. The number of aliphatic imine (C=N–C) groups is 1. The molecule has 222 valence electrons. The number of aromatic nitrogens is 1. The Kier molecular flexibility index (Phi) is 10.0. The second kappa shape index (κ2) is 14.7. The highest BCUT2D eigenvalue weighted by molar-refractivity contribution is 6.03. The highest BCUT2D eigenvalue weighted by Gasteiger charge is 2.24. The lowest BCUT2D eigenvalue weighted by molar-refractivity contribution is 1.07. The molecule has 0 saturated heterocycles. The van der Waals surface area contributed by atoms with Gasteiger partial charge in [-0.2, -0.15) is 0 Å². The van der Waals surface area contributed by atoms with Crippen LogP contribution in [0.5, 0.6) is 0 Å². The van der Waals surface area contributed by atoms with Crippen LogP contribution in [-0.2, 0) is 6.42 Å². The molecule has 0 amide bonds. The number of anilines is 2. The Morgan fingerprint density at radius 2 is 1.49 bits per heavy atom. The predicted molar refractivity (Wildman–Crippen MR) is 196 cm³/mol. The fourth-order valence-electron chi connectivity index (χ4n) is 5.59. The van der Waals surface area contributed by atoms with Crippen molar-refractivity contribution < 1.29 is 0 Å². The van der Waals surface area contributed by atoms with E-state index in [1.54, 1.807) is 0 Å². The molecule has 0 fully saturated rings. The molecule has 1 aliphatic heterocycles. The van der Waals surface area contributed by atoms with Crippen LogP contribution in [0, 0.1) is 0 Å². The van der Waals surface area contributed by atoms with Crippen LogP contribution in [0.1, 0.15) is 22.3 Å². The topological polar surface area (TPSA) is 46.5 Å². The first-order valence-corrected chi connectivity index (χ1v) is 15.0. The highest BCUT2D eigenvalue weighted by Crippen LogP contribution is 2.43. The fourth-order valence-corrected chi connectivity index (χ4v) is 5.59. The SMILES string of the molecule is C=C1/C=C\c2c(n(C3=C=CC=C3)c3ccccc23)N(C)c2ccccc21.C=N/C(=C\Cc1ccccc1)c1ccccc1.CN. The average Bonchev–Trinajstić information content (AvgIpc) is 3.75. The van der Waals surface area contributed by atoms with Gasteiger partial charge >= 0.3 is 0 Å².